The molecule has 0 spiro atoms. The van der Waals surface area contributed by atoms with E-state index in [4.69, 9.17) is 33.3 Å². The molecule has 2 N–H and O–H groups in total. The van der Waals surface area contributed by atoms with Crippen LogP contribution in [0.1, 0.15) is 18.5 Å². The molecule has 1 heterocycles. The summed E-state index contributed by atoms with van der Waals surface area (Å²) in [6.07, 6.45) is 0. The first-order valence-corrected chi connectivity index (χ1v) is 9.79. The van der Waals surface area contributed by atoms with Gasteiger partial charge in [0.1, 0.15) is 17.3 Å². The molecular weight excluding hydrogens is 429 g/mol. The molecule has 0 radical (unpaired) electrons. The first-order chi connectivity index (χ1) is 14.3. The molecule has 1 aliphatic rings. The van der Waals surface area contributed by atoms with E-state index in [9.17, 15) is 9.18 Å². The fourth-order valence-electron chi connectivity index (χ4n) is 3.23. The molecule has 2 aromatic carbocycles. The predicted octanol–water partition coefficient (Wildman–Crippen LogP) is 4.27. The average Bonchev–Trinajstić information content (AvgIpc) is 2.71. The molecule has 0 bridgehead atoms. The van der Waals surface area contributed by atoms with Crippen molar-refractivity contribution in [3.8, 4) is 11.5 Å². The van der Waals surface area contributed by atoms with Gasteiger partial charge in [0.2, 0.25) is 0 Å². The highest BCUT2D eigenvalue weighted by atomic mass is 35.5. The van der Waals surface area contributed by atoms with Crippen molar-refractivity contribution in [2.75, 3.05) is 26.6 Å². The highest BCUT2D eigenvalue weighted by Crippen LogP contribution is 2.37. The molecule has 158 valence electrons. The van der Waals surface area contributed by atoms with Gasteiger partial charge in [0.25, 0.3) is 5.91 Å². The standard InChI is InChI=1S/C21H21ClFN3O3S/c1-11-17(20(27)24-15-10-12(28-3)8-9-16(15)29-4)19(25-21(30)26(11)2)18-13(22)6-5-7-14(18)23/h5-10,19H,1-4H3,(H,24,27)(H,25,30). The molecule has 2 aromatic rings. The number of hydrogen-bond donors (Lipinski definition) is 2. The van der Waals surface area contributed by atoms with Gasteiger partial charge in [0, 0.05) is 29.4 Å². The van der Waals surface area contributed by atoms with Crippen molar-refractivity contribution in [3.63, 3.8) is 0 Å². The van der Waals surface area contributed by atoms with Crippen LogP contribution in [0.5, 0.6) is 11.5 Å². The van der Waals surface area contributed by atoms with E-state index in [1.807, 2.05) is 0 Å². The Morgan fingerprint density at radius 1 is 1.27 bits per heavy atom. The van der Waals surface area contributed by atoms with Crippen LogP contribution >= 0.6 is 23.8 Å². The second-order valence-electron chi connectivity index (χ2n) is 6.60. The summed E-state index contributed by atoms with van der Waals surface area (Å²) in [5.74, 6) is 0.00993. The lowest BCUT2D eigenvalue weighted by atomic mass is 9.94. The monoisotopic (exact) mass is 449 g/mol. The number of carbonyl (C=O) groups is 1. The van der Waals surface area contributed by atoms with Crippen molar-refractivity contribution in [1.29, 1.82) is 0 Å². The van der Waals surface area contributed by atoms with Crippen molar-refractivity contribution >= 4 is 40.5 Å². The summed E-state index contributed by atoms with van der Waals surface area (Å²) < 4.78 is 25.3. The van der Waals surface area contributed by atoms with Gasteiger partial charge in [0.15, 0.2) is 5.11 Å². The number of ether oxygens (including phenoxy) is 2. The fraction of sp³-hybridized carbons (Fsp3) is 0.238. The van der Waals surface area contributed by atoms with Gasteiger partial charge in [-0.05, 0) is 43.4 Å². The molecule has 0 saturated carbocycles. The van der Waals surface area contributed by atoms with Crippen LogP contribution in [0, 0.1) is 5.82 Å². The van der Waals surface area contributed by atoms with Gasteiger partial charge < -0.3 is 25.0 Å². The number of hydrogen-bond acceptors (Lipinski definition) is 4. The fourth-order valence-corrected chi connectivity index (χ4v) is 3.76. The van der Waals surface area contributed by atoms with Gasteiger partial charge in [-0.15, -0.1) is 0 Å². The highest BCUT2D eigenvalue weighted by Gasteiger charge is 2.35. The summed E-state index contributed by atoms with van der Waals surface area (Å²) in [5.41, 5.74) is 1.42. The number of benzene rings is 2. The highest BCUT2D eigenvalue weighted by molar-refractivity contribution is 7.80. The zero-order valence-electron chi connectivity index (χ0n) is 16.9. The quantitative estimate of drug-likeness (QED) is 0.665. The number of nitrogens with one attached hydrogen (secondary N) is 2. The van der Waals surface area contributed by atoms with Crippen LogP contribution in [0.4, 0.5) is 10.1 Å². The Morgan fingerprint density at radius 3 is 2.63 bits per heavy atom. The maximum Gasteiger partial charge on any atom is 0.255 e. The van der Waals surface area contributed by atoms with E-state index in [-0.39, 0.29) is 16.2 Å². The van der Waals surface area contributed by atoms with Crippen LogP contribution in [-0.4, -0.2) is 37.2 Å². The summed E-state index contributed by atoms with van der Waals surface area (Å²) in [4.78, 5) is 15.0. The number of amides is 1. The zero-order chi connectivity index (χ0) is 22.0. The maximum absolute atomic E-state index is 14.7. The molecule has 0 saturated heterocycles. The van der Waals surface area contributed by atoms with Crippen LogP contribution in [-0.2, 0) is 4.79 Å². The number of rotatable bonds is 5. The molecule has 1 aliphatic heterocycles. The van der Waals surface area contributed by atoms with E-state index >= 15 is 0 Å². The van der Waals surface area contributed by atoms with Crippen LogP contribution < -0.4 is 20.1 Å². The van der Waals surface area contributed by atoms with Crippen LogP contribution in [0.15, 0.2) is 47.7 Å². The third-order valence-corrected chi connectivity index (χ3v) is 5.66. The summed E-state index contributed by atoms with van der Waals surface area (Å²) >= 11 is 11.6. The number of carbonyl (C=O) groups excluding carboxylic acids is 1. The molecule has 6 nitrogen and oxygen atoms in total. The number of halogens is 2. The molecular formula is C21H21ClFN3O3S. The van der Waals surface area contributed by atoms with Crippen molar-refractivity contribution in [2.45, 2.75) is 13.0 Å². The molecule has 0 aliphatic carbocycles. The van der Waals surface area contributed by atoms with Crippen molar-refractivity contribution < 1.29 is 18.7 Å². The van der Waals surface area contributed by atoms with Gasteiger partial charge in [-0.2, -0.15) is 0 Å². The largest absolute Gasteiger partial charge is 0.497 e. The Kier molecular flexibility index (Phi) is 6.48. The van der Waals surface area contributed by atoms with E-state index in [1.54, 1.807) is 43.1 Å². The van der Waals surface area contributed by atoms with Crippen LogP contribution in [0.3, 0.4) is 0 Å². The van der Waals surface area contributed by atoms with Gasteiger partial charge in [-0.25, -0.2) is 4.39 Å². The third kappa shape index (κ3) is 4.06. The number of nitrogens with zero attached hydrogens (tertiary/aromatic N) is 1. The third-order valence-electron chi connectivity index (χ3n) is 4.94. The Bertz CT molecular complexity index is 1020. The predicted molar refractivity (Wildman–Crippen MR) is 119 cm³/mol. The van der Waals surface area contributed by atoms with Crippen LogP contribution in [0.2, 0.25) is 5.02 Å². The van der Waals surface area contributed by atoms with E-state index in [2.05, 4.69) is 10.6 Å². The van der Waals surface area contributed by atoms with Crippen molar-refractivity contribution in [3.05, 3.63) is 64.1 Å². The summed E-state index contributed by atoms with van der Waals surface area (Å²) in [6, 6.07) is 8.54. The molecule has 3 rings (SSSR count). The Hall–Kier alpha value is -2.84. The summed E-state index contributed by atoms with van der Waals surface area (Å²) in [5, 5.41) is 6.40. The maximum atomic E-state index is 14.7. The number of thiocarbonyl (C=S) groups is 1. The molecule has 1 amide bonds. The minimum absolute atomic E-state index is 0.150. The molecule has 30 heavy (non-hydrogen) atoms. The number of allylic oxidation sites excluding steroid dienone is 1. The lowest BCUT2D eigenvalue weighted by Gasteiger charge is -2.36. The van der Waals surface area contributed by atoms with E-state index in [0.717, 1.165) is 0 Å². The first kappa shape index (κ1) is 21.9. The Labute approximate surface area is 184 Å². The van der Waals surface area contributed by atoms with Crippen LogP contribution in [0.25, 0.3) is 0 Å². The Balaban J connectivity index is 2.08. The van der Waals surface area contributed by atoms with Gasteiger partial charge >= 0.3 is 0 Å². The smallest absolute Gasteiger partial charge is 0.255 e. The van der Waals surface area contributed by atoms with E-state index in [1.165, 1.54) is 26.4 Å². The lowest BCUT2D eigenvalue weighted by molar-refractivity contribution is -0.113. The van der Waals surface area contributed by atoms with Crippen molar-refractivity contribution in [1.82, 2.24) is 10.2 Å². The SMILES string of the molecule is COc1ccc(OC)c(NC(=O)C2=C(C)N(C)C(=S)NC2c2c(F)cccc2Cl)c1. The van der Waals surface area contributed by atoms with E-state index in [0.29, 0.717) is 28.0 Å². The van der Waals surface area contributed by atoms with E-state index < -0.39 is 17.8 Å². The van der Waals surface area contributed by atoms with Gasteiger partial charge in [-0.1, -0.05) is 17.7 Å². The minimum atomic E-state index is -0.862. The minimum Gasteiger partial charge on any atom is -0.497 e. The molecule has 1 unspecified atom stereocenters. The Morgan fingerprint density at radius 2 is 2.00 bits per heavy atom. The van der Waals surface area contributed by atoms with Crippen molar-refractivity contribution in [2.24, 2.45) is 0 Å². The molecule has 1 atom stereocenters. The second kappa shape index (κ2) is 8.89. The van der Waals surface area contributed by atoms with Gasteiger partial charge in [0.05, 0.1) is 31.5 Å². The molecule has 0 fully saturated rings. The average molecular weight is 450 g/mol. The lowest BCUT2D eigenvalue weighted by Crippen LogP contribution is -2.47. The zero-order valence-corrected chi connectivity index (χ0v) is 18.5. The summed E-state index contributed by atoms with van der Waals surface area (Å²) in [6.45, 7) is 1.74. The molecule has 9 heteroatoms. The number of anilines is 1. The second-order valence-corrected chi connectivity index (χ2v) is 7.39. The molecule has 0 aromatic heterocycles. The van der Waals surface area contributed by atoms with Gasteiger partial charge in [-0.3, -0.25) is 4.79 Å². The number of methoxy groups -OCH3 is 2. The first-order valence-electron chi connectivity index (χ1n) is 9.00. The topological polar surface area (TPSA) is 62.8 Å². The normalized spacial score (nSPS) is 16.3. The summed E-state index contributed by atoms with van der Waals surface area (Å²) in [7, 11) is 4.75.